The Morgan fingerprint density at radius 1 is 1.03 bits per heavy atom. The van der Waals surface area contributed by atoms with E-state index in [9.17, 15) is 24.3 Å². The largest absolute Gasteiger partial charge is 0.480 e. The smallest absolute Gasteiger partial charge is 0.326 e. The first-order chi connectivity index (χ1) is 13.4. The number of carboxylic acids is 1. The van der Waals surface area contributed by atoms with E-state index in [1.807, 2.05) is 27.7 Å². The van der Waals surface area contributed by atoms with Crippen molar-refractivity contribution in [3.8, 4) is 0 Å². The molecule has 0 aromatic heterocycles. The molecule has 1 saturated heterocycles. The maximum absolute atomic E-state index is 12.8. The summed E-state index contributed by atoms with van der Waals surface area (Å²) in [5.41, 5.74) is 5.86. The van der Waals surface area contributed by atoms with E-state index in [4.69, 9.17) is 5.73 Å². The van der Waals surface area contributed by atoms with Crippen LogP contribution in [0.3, 0.4) is 0 Å². The summed E-state index contributed by atoms with van der Waals surface area (Å²) in [7, 11) is 0. The van der Waals surface area contributed by atoms with Crippen LogP contribution in [0.5, 0.6) is 0 Å². The average Bonchev–Trinajstić information content (AvgIpc) is 3.08. The maximum Gasteiger partial charge on any atom is 0.326 e. The van der Waals surface area contributed by atoms with Crippen molar-refractivity contribution in [2.45, 2.75) is 84.5 Å². The van der Waals surface area contributed by atoms with Gasteiger partial charge in [0.25, 0.3) is 0 Å². The van der Waals surface area contributed by atoms with Gasteiger partial charge in [-0.15, -0.1) is 0 Å². The third kappa shape index (κ3) is 7.64. The number of carbonyl (C=O) groups is 4. The van der Waals surface area contributed by atoms with Gasteiger partial charge in [-0.05, 0) is 44.4 Å². The first kappa shape index (κ1) is 24.9. The molecular weight excluding hydrogens is 376 g/mol. The zero-order chi connectivity index (χ0) is 22.3. The van der Waals surface area contributed by atoms with Crippen molar-refractivity contribution in [3.05, 3.63) is 0 Å². The Morgan fingerprint density at radius 2 is 1.62 bits per heavy atom. The number of aliphatic carboxylic acids is 1. The van der Waals surface area contributed by atoms with E-state index in [-0.39, 0.29) is 17.7 Å². The molecule has 1 aliphatic rings. The van der Waals surface area contributed by atoms with Gasteiger partial charge in [-0.1, -0.05) is 27.7 Å². The van der Waals surface area contributed by atoms with Gasteiger partial charge < -0.3 is 26.4 Å². The maximum atomic E-state index is 12.8. The number of amides is 3. The van der Waals surface area contributed by atoms with Crippen LogP contribution in [-0.4, -0.2) is 64.4 Å². The van der Waals surface area contributed by atoms with E-state index in [0.29, 0.717) is 32.2 Å². The van der Waals surface area contributed by atoms with Gasteiger partial charge >= 0.3 is 5.97 Å². The van der Waals surface area contributed by atoms with Crippen LogP contribution in [0, 0.1) is 11.8 Å². The highest BCUT2D eigenvalue weighted by molar-refractivity contribution is 5.94. The average molecular weight is 413 g/mol. The number of rotatable bonds is 10. The molecule has 4 unspecified atom stereocenters. The second kappa shape index (κ2) is 11.1. The second-order valence-corrected chi connectivity index (χ2v) is 8.68. The highest BCUT2D eigenvalue weighted by Crippen LogP contribution is 2.19. The molecule has 3 amide bonds. The monoisotopic (exact) mass is 412 g/mol. The summed E-state index contributed by atoms with van der Waals surface area (Å²) in [6, 6.07) is -3.25. The molecule has 1 heterocycles. The van der Waals surface area contributed by atoms with Crippen LogP contribution in [-0.2, 0) is 19.2 Å². The Bertz CT molecular complexity index is 608. The standard InChI is InChI=1S/C20H36N4O5/c1-11(2)9-14(21)17(25)22-13(5)19(27)24-8-6-7-16(24)18(26)23-15(20(28)29)10-12(3)4/h11-16H,6-10,21H2,1-5H3,(H,22,25)(H,23,26)(H,28,29). The first-order valence-electron chi connectivity index (χ1n) is 10.3. The molecule has 1 rings (SSSR count). The number of hydrogen-bond donors (Lipinski definition) is 4. The normalized spacial score (nSPS) is 19.7. The van der Waals surface area contributed by atoms with Gasteiger partial charge in [-0.3, -0.25) is 14.4 Å². The minimum absolute atomic E-state index is 0.1000. The minimum atomic E-state index is -1.09. The molecular formula is C20H36N4O5. The van der Waals surface area contributed by atoms with Crippen molar-refractivity contribution in [1.82, 2.24) is 15.5 Å². The van der Waals surface area contributed by atoms with Crippen molar-refractivity contribution in [2.24, 2.45) is 17.6 Å². The molecule has 0 spiro atoms. The van der Waals surface area contributed by atoms with Crippen molar-refractivity contribution >= 4 is 23.7 Å². The second-order valence-electron chi connectivity index (χ2n) is 8.68. The lowest BCUT2D eigenvalue weighted by Gasteiger charge is -2.29. The molecule has 9 heteroatoms. The van der Waals surface area contributed by atoms with Crippen molar-refractivity contribution in [3.63, 3.8) is 0 Å². The summed E-state index contributed by atoms with van der Waals surface area (Å²) < 4.78 is 0. The Hall–Kier alpha value is -2.16. The number of carbonyl (C=O) groups excluding carboxylic acids is 3. The molecule has 0 aromatic rings. The van der Waals surface area contributed by atoms with Crippen molar-refractivity contribution in [1.29, 1.82) is 0 Å². The topological polar surface area (TPSA) is 142 Å². The molecule has 5 N–H and O–H groups in total. The number of carboxylic acid groups (broad SMARTS) is 1. The van der Waals surface area contributed by atoms with E-state index in [1.54, 1.807) is 6.92 Å². The quantitative estimate of drug-likeness (QED) is 0.411. The van der Waals surface area contributed by atoms with E-state index in [0.717, 1.165) is 0 Å². The summed E-state index contributed by atoms with van der Waals surface area (Å²) in [4.78, 5) is 50.5. The van der Waals surface area contributed by atoms with Gasteiger partial charge in [0.15, 0.2) is 0 Å². The highest BCUT2D eigenvalue weighted by Gasteiger charge is 2.38. The zero-order valence-electron chi connectivity index (χ0n) is 18.1. The molecule has 0 aromatic carbocycles. The predicted octanol–water partition coefficient (Wildman–Crippen LogP) is 0.471. The van der Waals surface area contributed by atoms with Gasteiger partial charge in [0, 0.05) is 6.54 Å². The van der Waals surface area contributed by atoms with E-state index >= 15 is 0 Å². The molecule has 0 aliphatic carbocycles. The van der Waals surface area contributed by atoms with E-state index in [2.05, 4.69) is 10.6 Å². The van der Waals surface area contributed by atoms with Gasteiger partial charge in [0.2, 0.25) is 17.7 Å². The Balaban J connectivity index is 2.74. The Morgan fingerprint density at radius 3 is 2.14 bits per heavy atom. The summed E-state index contributed by atoms with van der Waals surface area (Å²) in [5, 5.41) is 14.5. The minimum Gasteiger partial charge on any atom is -0.480 e. The Kier molecular flexibility index (Phi) is 9.55. The summed E-state index contributed by atoms with van der Waals surface area (Å²) in [6.45, 7) is 9.62. The number of nitrogens with zero attached hydrogens (tertiary/aromatic N) is 1. The van der Waals surface area contributed by atoms with Gasteiger partial charge in [0.05, 0.1) is 6.04 Å². The summed E-state index contributed by atoms with van der Waals surface area (Å²) in [6.07, 6.45) is 1.91. The van der Waals surface area contributed by atoms with Crippen LogP contribution < -0.4 is 16.4 Å². The SMILES string of the molecule is CC(C)CC(N)C(=O)NC(C)C(=O)N1CCCC1C(=O)NC(CC(C)C)C(=O)O. The van der Waals surface area contributed by atoms with Gasteiger partial charge in [-0.25, -0.2) is 4.79 Å². The first-order valence-corrected chi connectivity index (χ1v) is 10.3. The van der Waals surface area contributed by atoms with Crippen molar-refractivity contribution < 1.29 is 24.3 Å². The molecule has 29 heavy (non-hydrogen) atoms. The lowest BCUT2D eigenvalue weighted by atomic mass is 10.0. The molecule has 0 saturated carbocycles. The molecule has 1 aliphatic heterocycles. The molecule has 0 radical (unpaired) electrons. The van der Waals surface area contributed by atoms with Crippen LogP contribution in [0.15, 0.2) is 0 Å². The molecule has 4 atom stereocenters. The third-order valence-corrected chi connectivity index (χ3v) is 4.95. The van der Waals surface area contributed by atoms with Crippen LogP contribution >= 0.6 is 0 Å². The van der Waals surface area contributed by atoms with Crippen LogP contribution in [0.2, 0.25) is 0 Å². The Labute approximate surface area is 172 Å². The fourth-order valence-corrected chi connectivity index (χ4v) is 3.51. The molecule has 1 fully saturated rings. The van der Waals surface area contributed by atoms with Crippen LogP contribution in [0.4, 0.5) is 0 Å². The van der Waals surface area contributed by atoms with E-state index < -0.39 is 42.0 Å². The summed E-state index contributed by atoms with van der Waals surface area (Å²) in [5.74, 6) is -1.99. The lowest BCUT2D eigenvalue weighted by molar-refractivity contribution is -0.145. The zero-order valence-corrected chi connectivity index (χ0v) is 18.1. The number of likely N-dealkylation sites (tertiary alicyclic amines) is 1. The van der Waals surface area contributed by atoms with Crippen LogP contribution in [0.1, 0.15) is 60.3 Å². The van der Waals surface area contributed by atoms with E-state index in [1.165, 1.54) is 4.90 Å². The van der Waals surface area contributed by atoms with Crippen LogP contribution in [0.25, 0.3) is 0 Å². The summed E-state index contributed by atoms with van der Waals surface area (Å²) >= 11 is 0. The van der Waals surface area contributed by atoms with Crippen molar-refractivity contribution in [2.75, 3.05) is 6.54 Å². The highest BCUT2D eigenvalue weighted by atomic mass is 16.4. The van der Waals surface area contributed by atoms with Gasteiger partial charge in [0.1, 0.15) is 18.1 Å². The fourth-order valence-electron chi connectivity index (χ4n) is 3.51. The fraction of sp³-hybridized carbons (Fsp3) is 0.800. The number of nitrogens with two attached hydrogens (primary N) is 1. The third-order valence-electron chi connectivity index (χ3n) is 4.95. The molecule has 9 nitrogen and oxygen atoms in total. The predicted molar refractivity (Wildman–Crippen MR) is 109 cm³/mol. The van der Waals surface area contributed by atoms with Gasteiger partial charge in [-0.2, -0.15) is 0 Å². The number of hydrogen-bond acceptors (Lipinski definition) is 5. The lowest BCUT2D eigenvalue weighted by Crippen LogP contribution is -2.56. The molecule has 166 valence electrons. The number of nitrogens with one attached hydrogen (secondary N) is 2. The molecule has 0 bridgehead atoms.